The summed E-state index contributed by atoms with van der Waals surface area (Å²) in [4.78, 5) is 0. The van der Waals surface area contributed by atoms with Crippen LogP contribution in [0.25, 0.3) is 0 Å². The molecule has 1 unspecified atom stereocenters. The summed E-state index contributed by atoms with van der Waals surface area (Å²) in [5.74, 6) is 6.51. The molecule has 0 amide bonds. The molecular weight excluding hydrogens is 339 g/mol. The molecule has 3 N–H and O–H groups in total. The molecule has 0 radical (unpaired) electrons. The standard InChI is InChI=1S/C15H16BrFN2O2/c1-20-10-4-6-14(21-2)12(8-10)15(19-18)11-5-3-9(16)7-13(11)17/h3-8,15,19H,18H2,1-2H3. The van der Waals surface area contributed by atoms with E-state index in [0.29, 0.717) is 27.1 Å². The van der Waals surface area contributed by atoms with Crippen LogP contribution in [0.5, 0.6) is 11.5 Å². The Balaban J connectivity index is 2.54. The molecule has 112 valence electrons. The van der Waals surface area contributed by atoms with Crippen LogP contribution in [-0.2, 0) is 0 Å². The molecule has 0 aliphatic heterocycles. The fraction of sp³-hybridized carbons (Fsp3) is 0.200. The third-order valence-electron chi connectivity index (χ3n) is 3.19. The number of rotatable bonds is 5. The molecule has 0 saturated heterocycles. The van der Waals surface area contributed by atoms with Gasteiger partial charge in [0, 0.05) is 15.6 Å². The second-order valence-electron chi connectivity index (χ2n) is 4.37. The molecule has 0 aliphatic carbocycles. The maximum atomic E-state index is 14.2. The van der Waals surface area contributed by atoms with E-state index in [1.807, 2.05) is 0 Å². The maximum Gasteiger partial charge on any atom is 0.129 e. The number of hydrogen-bond donors (Lipinski definition) is 2. The van der Waals surface area contributed by atoms with Crippen molar-refractivity contribution in [2.24, 2.45) is 5.84 Å². The van der Waals surface area contributed by atoms with Gasteiger partial charge in [-0.15, -0.1) is 0 Å². The molecule has 2 aromatic carbocycles. The Bertz CT molecular complexity index is 637. The van der Waals surface area contributed by atoms with E-state index in [9.17, 15) is 4.39 Å². The van der Waals surface area contributed by atoms with Gasteiger partial charge in [-0.3, -0.25) is 5.84 Å². The van der Waals surface area contributed by atoms with Gasteiger partial charge in [-0.05, 0) is 30.3 Å². The number of nitrogens with two attached hydrogens (primary N) is 1. The maximum absolute atomic E-state index is 14.2. The molecule has 0 heterocycles. The quantitative estimate of drug-likeness (QED) is 0.639. The number of hydrogen-bond acceptors (Lipinski definition) is 4. The van der Waals surface area contributed by atoms with Crippen LogP contribution in [0.15, 0.2) is 40.9 Å². The topological polar surface area (TPSA) is 56.5 Å². The average molecular weight is 355 g/mol. The molecule has 0 aromatic heterocycles. The van der Waals surface area contributed by atoms with Crippen molar-refractivity contribution < 1.29 is 13.9 Å². The third-order valence-corrected chi connectivity index (χ3v) is 3.68. The molecule has 4 nitrogen and oxygen atoms in total. The summed E-state index contributed by atoms with van der Waals surface area (Å²) >= 11 is 3.24. The second kappa shape index (κ2) is 6.89. The van der Waals surface area contributed by atoms with Crippen molar-refractivity contribution in [2.45, 2.75) is 6.04 Å². The fourth-order valence-corrected chi connectivity index (χ4v) is 2.48. The van der Waals surface area contributed by atoms with E-state index < -0.39 is 6.04 Å². The number of ether oxygens (including phenoxy) is 2. The van der Waals surface area contributed by atoms with Crippen molar-refractivity contribution in [3.8, 4) is 11.5 Å². The zero-order valence-corrected chi connectivity index (χ0v) is 13.3. The zero-order chi connectivity index (χ0) is 15.4. The van der Waals surface area contributed by atoms with Crippen molar-refractivity contribution in [3.63, 3.8) is 0 Å². The van der Waals surface area contributed by atoms with Gasteiger partial charge in [-0.25, -0.2) is 9.82 Å². The third kappa shape index (κ3) is 3.34. The van der Waals surface area contributed by atoms with Gasteiger partial charge in [0.05, 0.1) is 20.3 Å². The first kappa shape index (κ1) is 15.8. The van der Waals surface area contributed by atoms with Gasteiger partial charge in [0.25, 0.3) is 0 Å². The molecule has 0 fully saturated rings. The van der Waals surface area contributed by atoms with E-state index in [1.165, 1.54) is 6.07 Å². The Morgan fingerprint density at radius 3 is 2.43 bits per heavy atom. The first-order valence-electron chi connectivity index (χ1n) is 6.23. The Hall–Kier alpha value is -1.63. The predicted octanol–water partition coefficient (Wildman–Crippen LogP) is 3.16. The van der Waals surface area contributed by atoms with Crippen LogP contribution in [0.3, 0.4) is 0 Å². The minimum absolute atomic E-state index is 0.364. The lowest BCUT2D eigenvalue weighted by molar-refractivity contribution is 0.393. The smallest absolute Gasteiger partial charge is 0.129 e. The number of halogens is 2. The molecule has 0 aliphatic rings. The van der Waals surface area contributed by atoms with Gasteiger partial charge < -0.3 is 9.47 Å². The van der Waals surface area contributed by atoms with Crippen LogP contribution in [0.1, 0.15) is 17.2 Å². The number of hydrazine groups is 1. The summed E-state index contributed by atoms with van der Waals surface area (Å²) in [6.45, 7) is 0. The minimum atomic E-state index is -0.553. The molecule has 2 rings (SSSR count). The fourth-order valence-electron chi connectivity index (χ4n) is 2.15. The van der Waals surface area contributed by atoms with E-state index in [-0.39, 0.29) is 5.82 Å². The normalized spacial score (nSPS) is 12.0. The first-order chi connectivity index (χ1) is 10.1. The van der Waals surface area contributed by atoms with Crippen molar-refractivity contribution in [2.75, 3.05) is 14.2 Å². The van der Waals surface area contributed by atoms with Crippen LogP contribution in [0.2, 0.25) is 0 Å². The van der Waals surface area contributed by atoms with Crippen molar-refractivity contribution in [1.82, 2.24) is 5.43 Å². The van der Waals surface area contributed by atoms with Crippen molar-refractivity contribution in [3.05, 3.63) is 57.8 Å². The molecule has 6 heteroatoms. The Kier molecular flexibility index (Phi) is 5.17. The minimum Gasteiger partial charge on any atom is -0.497 e. The number of nitrogens with one attached hydrogen (secondary N) is 1. The van der Waals surface area contributed by atoms with Gasteiger partial charge in [0.15, 0.2) is 0 Å². The molecule has 0 spiro atoms. The number of benzene rings is 2. The summed E-state index contributed by atoms with van der Waals surface area (Å²) in [5.41, 5.74) is 3.75. The monoisotopic (exact) mass is 354 g/mol. The van der Waals surface area contributed by atoms with Crippen LogP contribution in [0.4, 0.5) is 4.39 Å². The summed E-state index contributed by atoms with van der Waals surface area (Å²) in [6.07, 6.45) is 0. The summed E-state index contributed by atoms with van der Waals surface area (Å²) in [5, 5.41) is 0. The highest BCUT2D eigenvalue weighted by molar-refractivity contribution is 9.10. The Labute approximate surface area is 131 Å². The summed E-state index contributed by atoms with van der Waals surface area (Å²) in [6, 6.07) is 9.57. The van der Waals surface area contributed by atoms with Gasteiger partial charge in [0.2, 0.25) is 0 Å². The van der Waals surface area contributed by atoms with Crippen LogP contribution >= 0.6 is 15.9 Å². The molecule has 2 aromatic rings. The van der Waals surface area contributed by atoms with Gasteiger partial charge >= 0.3 is 0 Å². The largest absolute Gasteiger partial charge is 0.497 e. The molecule has 1 atom stereocenters. The zero-order valence-electron chi connectivity index (χ0n) is 11.7. The van der Waals surface area contributed by atoms with E-state index in [1.54, 1.807) is 44.6 Å². The van der Waals surface area contributed by atoms with Gasteiger partial charge in [-0.1, -0.05) is 22.0 Å². The van der Waals surface area contributed by atoms with E-state index >= 15 is 0 Å². The predicted molar refractivity (Wildman–Crippen MR) is 82.8 cm³/mol. The SMILES string of the molecule is COc1ccc(OC)c(C(NN)c2ccc(Br)cc2F)c1. The highest BCUT2D eigenvalue weighted by atomic mass is 79.9. The van der Waals surface area contributed by atoms with E-state index in [2.05, 4.69) is 21.4 Å². The lowest BCUT2D eigenvalue weighted by Crippen LogP contribution is -2.30. The van der Waals surface area contributed by atoms with E-state index in [0.717, 1.165) is 0 Å². The lowest BCUT2D eigenvalue weighted by Gasteiger charge is -2.21. The second-order valence-corrected chi connectivity index (χ2v) is 5.29. The first-order valence-corrected chi connectivity index (χ1v) is 7.03. The Morgan fingerprint density at radius 1 is 1.10 bits per heavy atom. The van der Waals surface area contributed by atoms with Crippen molar-refractivity contribution >= 4 is 15.9 Å². The van der Waals surface area contributed by atoms with Crippen LogP contribution < -0.4 is 20.7 Å². The summed E-state index contributed by atoms with van der Waals surface area (Å²) in [7, 11) is 3.12. The van der Waals surface area contributed by atoms with Gasteiger partial charge in [-0.2, -0.15) is 0 Å². The highest BCUT2D eigenvalue weighted by Crippen LogP contribution is 2.34. The lowest BCUT2D eigenvalue weighted by atomic mass is 9.97. The van der Waals surface area contributed by atoms with Gasteiger partial charge in [0.1, 0.15) is 17.3 Å². The van der Waals surface area contributed by atoms with E-state index in [4.69, 9.17) is 15.3 Å². The van der Waals surface area contributed by atoms with Crippen LogP contribution in [-0.4, -0.2) is 14.2 Å². The molecule has 0 bridgehead atoms. The van der Waals surface area contributed by atoms with Crippen molar-refractivity contribution in [1.29, 1.82) is 0 Å². The Morgan fingerprint density at radius 2 is 1.86 bits per heavy atom. The molecular formula is C15H16BrFN2O2. The molecule has 21 heavy (non-hydrogen) atoms. The molecule has 0 saturated carbocycles. The highest BCUT2D eigenvalue weighted by Gasteiger charge is 2.21. The van der Waals surface area contributed by atoms with Crippen LogP contribution in [0, 0.1) is 5.82 Å². The number of methoxy groups -OCH3 is 2. The average Bonchev–Trinajstić information content (AvgIpc) is 2.49. The summed E-state index contributed by atoms with van der Waals surface area (Å²) < 4.78 is 25.4.